The van der Waals surface area contributed by atoms with Gasteiger partial charge in [-0.15, -0.1) is 0 Å². The molecule has 0 unspecified atom stereocenters. The molecule has 0 atom stereocenters. The maximum Gasteiger partial charge on any atom is 0.157 e. The minimum Gasteiger partial charge on any atom is -0.357 e. The standard InChI is InChI=1S/C19H19F2N3/c1-4-24(5-2)19-14-10-12(3)16(13-8-6-7-9-15(13)20)17(21)18(14)22-11-23-19/h6-11H,4-5H2,1-3H3. The minimum atomic E-state index is -0.508. The average Bonchev–Trinajstić information content (AvgIpc) is 2.58. The van der Waals surface area contributed by atoms with E-state index in [4.69, 9.17) is 0 Å². The average molecular weight is 327 g/mol. The molecule has 0 aliphatic carbocycles. The smallest absolute Gasteiger partial charge is 0.157 e. The molecule has 124 valence electrons. The maximum atomic E-state index is 15.2. The summed E-state index contributed by atoms with van der Waals surface area (Å²) in [6, 6.07) is 8.04. The van der Waals surface area contributed by atoms with Gasteiger partial charge in [-0.25, -0.2) is 18.7 Å². The van der Waals surface area contributed by atoms with Crippen molar-refractivity contribution in [3.05, 3.63) is 53.9 Å². The van der Waals surface area contributed by atoms with Crippen LogP contribution in [0.3, 0.4) is 0 Å². The monoisotopic (exact) mass is 327 g/mol. The van der Waals surface area contributed by atoms with E-state index in [0.717, 1.165) is 13.1 Å². The van der Waals surface area contributed by atoms with Gasteiger partial charge in [-0.2, -0.15) is 0 Å². The van der Waals surface area contributed by atoms with Gasteiger partial charge in [0, 0.05) is 29.6 Å². The molecular weight excluding hydrogens is 308 g/mol. The first-order valence-electron chi connectivity index (χ1n) is 8.02. The summed E-state index contributed by atoms with van der Waals surface area (Å²) < 4.78 is 29.3. The Kier molecular flexibility index (Phi) is 4.42. The number of hydrogen-bond acceptors (Lipinski definition) is 3. The number of fused-ring (bicyclic) bond motifs is 1. The summed E-state index contributed by atoms with van der Waals surface area (Å²) in [6.07, 6.45) is 1.36. The molecule has 24 heavy (non-hydrogen) atoms. The van der Waals surface area contributed by atoms with Crippen molar-refractivity contribution in [2.24, 2.45) is 0 Å². The second-order valence-electron chi connectivity index (χ2n) is 5.63. The SMILES string of the molecule is CCN(CC)c1ncnc2c(F)c(-c3ccccc3F)c(C)cc12. The van der Waals surface area contributed by atoms with E-state index < -0.39 is 11.6 Å². The molecule has 5 heteroatoms. The van der Waals surface area contributed by atoms with Gasteiger partial charge in [-0.3, -0.25) is 0 Å². The van der Waals surface area contributed by atoms with Crippen molar-refractivity contribution in [3.63, 3.8) is 0 Å². The van der Waals surface area contributed by atoms with Crippen molar-refractivity contribution in [1.82, 2.24) is 9.97 Å². The third-order valence-electron chi connectivity index (χ3n) is 4.25. The molecule has 0 saturated heterocycles. The van der Waals surface area contributed by atoms with E-state index >= 15 is 4.39 Å². The molecule has 0 saturated carbocycles. The van der Waals surface area contributed by atoms with Gasteiger partial charge in [0.1, 0.15) is 23.5 Å². The molecule has 1 heterocycles. The summed E-state index contributed by atoms with van der Waals surface area (Å²) in [4.78, 5) is 10.5. The van der Waals surface area contributed by atoms with Crippen molar-refractivity contribution in [3.8, 4) is 11.1 Å². The van der Waals surface area contributed by atoms with Gasteiger partial charge in [0.25, 0.3) is 0 Å². The molecule has 0 amide bonds. The van der Waals surface area contributed by atoms with Crippen LogP contribution in [-0.4, -0.2) is 23.1 Å². The second-order valence-corrected chi connectivity index (χ2v) is 5.63. The number of aromatic nitrogens is 2. The molecule has 0 aliphatic heterocycles. The first-order valence-corrected chi connectivity index (χ1v) is 8.02. The van der Waals surface area contributed by atoms with Gasteiger partial charge < -0.3 is 4.90 Å². The Morgan fingerprint density at radius 1 is 1.04 bits per heavy atom. The van der Waals surface area contributed by atoms with Crippen LogP contribution in [0.5, 0.6) is 0 Å². The molecule has 0 fully saturated rings. The maximum absolute atomic E-state index is 15.2. The number of aryl methyl sites for hydroxylation is 1. The van der Waals surface area contributed by atoms with Crippen LogP contribution in [0, 0.1) is 18.6 Å². The Labute approximate surface area is 140 Å². The summed E-state index contributed by atoms with van der Waals surface area (Å²) in [7, 11) is 0. The lowest BCUT2D eigenvalue weighted by molar-refractivity contribution is 0.619. The van der Waals surface area contributed by atoms with Crippen LogP contribution in [-0.2, 0) is 0 Å². The van der Waals surface area contributed by atoms with Gasteiger partial charge in [-0.05, 0) is 38.5 Å². The largest absolute Gasteiger partial charge is 0.357 e. The lowest BCUT2D eigenvalue weighted by atomic mass is 9.97. The fourth-order valence-corrected chi connectivity index (χ4v) is 3.04. The van der Waals surface area contributed by atoms with E-state index in [0.29, 0.717) is 16.8 Å². The molecule has 0 aliphatic rings. The fourth-order valence-electron chi connectivity index (χ4n) is 3.04. The normalized spacial score (nSPS) is 11.0. The number of anilines is 1. The van der Waals surface area contributed by atoms with Crippen LogP contribution in [0.25, 0.3) is 22.0 Å². The van der Waals surface area contributed by atoms with Crippen molar-refractivity contribution in [1.29, 1.82) is 0 Å². The molecule has 3 rings (SSSR count). The first kappa shape index (κ1) is 16.3. The van der Waals surface area contributed by atoms with Gasteiger partial charge in [-0.1, -0.05) is 18.2 Å². The van der Waals surface area contributed by atoms with Crippen molar-refractivity contribution in [2.75, 3.05) is 18.0 Å². The quantitative estimate of drug-likeness (QED) is 0.694. The first-order chi connectivity index (χ1) is 11.6. The van der Waals surface area contributed by atoms with Crippen molar-refractivity contribution < 1.29 is 8.78 Å². The summed E-state index contributed by atoms with van der Waals surface area (Å²) in [5.74, 6) is -0.255. The predicted octanol–water partition coefficient (Wildman–Crippen LogP) is 4.73. The number of halogens is 2. The van der Waals surface area contributed by atoms with Gasteiger partial charge in [0.15, 0.2) is 5.82 Å². The van der Waals surface area contributed by atoms with Gasteiger partial charge >= 0.3 is 0 Å². The highest BCUT2D eigenvalue weighted by Crippen LogP contribution is 2.35. The number of hydrogen-bond donors (Lipinski definition) is 0. The van der Waals surface area contributed by atoms with Crippen molar-refractivity contribution >= 4 is 16.7 Å². The zero-order valence-electron chi connectivity index (χ0n) is 14.0. The molecule has 3 aromatic rings. The van der Waals surface area contributed by atoms with E-state index in [9.17, 15) is 4.39 Å². The minimum absolute atomic E-state index is 0.218. The molecule has 1 aromatic heterocycles. The van der Waals surface area contributed by atoms with Crippen LogP contribution in [0.15, 0.2) is 36.7 Å². The van der Waals surface area contributed by atoms with E-state index in [-0.39, 0.29) is 16.6 Å². The molecule has 0 bridgehead atoms. The molecule has 0 spiro atoms. The van der Waals surface area contributed by atoms with Crippen LogP contribution in [0.4, 0.5) is 14.6 Å². The lowest BCUT2D eigenvalue weighted by Crippen LogP contribution is -2.23. The molecular formula is C19H19F2N3. The van der Waals surface area contributed by atoms with Crippen LogP contribution < -0.4 is 4.90 Å². The van der Waals surface area contributed by atoms with Crippen LogP contribution in [0.1, 0.15) is 19.4 Å². The highest BCUT2D eigenvalue weighted by atomic mass is 19.1. The van der Waals surface area contributed by atoms with E-state index in [1.165, 1.54) is 12.4 Å². The summed E-state index contributed by atoms with van der Waals surface area (Å²) >= 11 is 0. The van der Waals surface area contributed by atoms with E-state index in [2.05, 4.69) is 9.97 Å². The van der Waals surface area contributed by atoms with Crippen LogP contribution >= 0.6 is 0 Å². The van der Waals surface area contributed by atoms with Crippen molar-refractivity contribution in [2.45, 2.75) is 20.8 Å². The molecule has 3 nitrogen and oxygen atoms in total. The number of benzene rings is 2. The molecule has 0 radical (unpaired) electrons. The highest BCUT2D eigenvalue weighted by Gasteiger charge is 2.20. The summed E-state index contributed by atoms with van der Waals surface area (Å²) in [5.41, 5.74) is 1.38. The molecule has 2 aromatic carbocycles. The lowest BCUT2D eigenvalue weighted by Gasteiger charge is -2.22. The Morgan fingerprint density at radius 2 is 1.75 bits per heavy atom. The number of nitrogens with zero attached hydrogens (tertiary/aromatic N) is 3. The zero-order valence-corrected chi connectivity index (χ0v) is 14.0. The van der Waals surface area contributed by atoms with Gasteiger partial charge in [0.2, 0.25) is 0 Å². The third kappa shape index (κ3) is 2.60. The van der Waals surface area contributed by atoms with Gasteiger partial charge in [0.05, 0.1) is 0 Å². The number of rotatable bonds is 4. The Hall–Kier alpha value is -2.56. The Bertz CT molecular complexity index is 889. The Balaban J connectivity index is 2.32. The van der Waals surface area contributed by atoms with E-state index in [1.807, 2.05) is 24.8 Å². The third-order valence-corrected chi connectivity index (χ3v) is 4.25. The highest BCUT2D eigenvalue weighted by molar-refractivity contribution is 5.94. The fraction of sp³-hybridized carbons (Fsp3) is 0.263. The second kappa shape index (κ2) is 6.51. The van der Waals surface area contributed by atoms with E-state index in [1.54, 1.807) is 25.1 Å². The Morgan fingerprint density at radius 3 is 2.42 bits per heavy atom. The molecule has 0 N–H and O–H groups in total. The topological polar surface area (TPSA) is 29.0 Å². The predicted molar refractivity (Wildman–Crippen MR) is 93.2 cm³/mol. The van der Waals surface area contributed by atoms with Crippen LogP contribution in [0.2, 0.25) is 0 Å². The summed E-state index contributed by atoms with van der Waals surface area (Å²) in [5, 5.41) is 0.649. The zero-order chi connectivity index (χ0) is 17.3. The summed E-state index contributed by atoms with van der Waals surface area (Å²) in [6.45, 7) is 7.35.